The van der Waals surface area contributed by atoms with Crippen molar-refractivity contribution in [2.45, 2.75) is 0 Å². The van der Waals surface area contributed by atoms with Crippen LogP contribution in [0.5, 0.6) is 0 Å². The predicted molar refractivity (Wildman–Crippen MR) is 44.0 cm³/mol. The highest BCUT2D eigenvalue weighted by atomic mass is 35.5. The van der Waals surface area contributed by atoms with E-state index in [-0.39, 0.29) is 11.2 Å². The van der Waals surface area contributed by atoms with Gasteiger partial charge in [-0.05, 0) is 11.6 Å². The molecule has 0 saturated carbocycles. The van der Waals surface area contributed by atoms with Crippen molar-refractivity contribution in [3.8, 4) is 0 Å². The number of rotatable bonds is 2. The Bertz CT molecular complexity index is 298. The Kier molecular flexibility index (Phi) is 2.49. The molecule has 0 atom stereocenters. The van der Waals surface area contributed by atoms with E-state index >= 15 is 0 Å². The first-order valence-corrected chi connectivity index (χ1v) is 3.47. The maximum atomic E-state index is 6.67. The molecule has 0 aliphatic carbocycles. The van der Waals surface area contributed by atoms with Crippen LogP contribution in [0.25, 0.3) is 0 Å². The van der Waals surface area contributed by atoms with Crippen LogP contribution >= 0.6 is 11.6 Å². The van der Waals surface area contributed by atoms with Gasteiger partial charge in [0.05, 0.1) is 0 Å². The van der Waals surface area contributed by atoms with Crippen molar-refractivity contribution in [3.05, 3.63) is 5.28 Å². The molecule has 1 heterocycles. The Morgan fingerprint density at radius 3 is 2.50 bits per heavy atom. The molecule has 0 amide bonds. The van der Waals surface area contributed by atoms with Crippen LogP contribution in [0.1, 0.15) is 0 Å². The molecule has 0 bridgehead atoms. The first kappa shape index (κ1) is 8.79. The standard InChI is InChI=1S/C5H7ClN6/c1-12(2)5-9-3(6)8-4(10-5)11-7/h7H,1-2H3. The first-order chi connectivity index (χ1) is 5.63. The van der Waals surface area contributed by atoms with E-state index in [2.05, 4.69) is 20.1 Å². The van der Waals surface area contributed by atoms with Crippen molar-refractivity contribution in [1.29, 1.82) is 5.53 Å². The number of aromatic nitrogens is 3. The fourth-order valence-electron chi connectivity index (χ4n) is 0.579. The summed E-state index contributed by atoms with van der Waals surface area (Å²) in [7, 11) is 3.53. The second-order valence-electron chi connectivity index (χ2n) is 2.21. The smallest absolute Gasteiger partial charge is 0.274 e. The SMILES string of the molecule is CN(C)c1nc(Cl)nc(N=N)n1. The van der Waals surface area contributed by atoms with E-state index in [0.717, 1.165) is 0 Å². The minimum atomic E-state index is 0.0127. The fraction of sp³-hybridized carbons (Fsp3) is 0.400. The second-order valence-corrected chi connectivity index (χ2v) is 2.55. The van der Waals surface area contributed by atoms with Crippen LogP contribution in [-0.2, 0) is 0 Å². The third kappa shape index (κ3) is 1.85. The highest BCUT2D eigenvalue weighted by molar-refractivity contribution is 6.28. The lowest BCUT2D eigenvalue weighted by Crippen LogP contribution is -2.13. The van der Waals surface area contributed by atoms with E-state index in [1.165, 1.54) is 0 Å². The van der Waals surface area contributed by atoms with Gasteiger partial charge in [-0.1, -0.05) is 0 Å². The summed E-state index contributed by atoms with van der Waals surface area (Å²) in [5.41, 5.74) is 6.67. The van der Waals surface area contributed by atoms with Crippen molar-refractivity contribution in [1.82, 2.24) is 15.0 Å². The topological polar surface area (TPSA) is 78.1 Å². The molecule has 64 valence electrons. The molecule has 0 unspecified atom stereocenters. The van der Waals surface area contributed by atoms with Gasteiger partial charge in [-0.15, -0.1) is 5.11 Å². The second kappa shape index (κ2) is 3.40. The molecule has 0 aliphatic rings. The summed E-state index contributed by atoms with van der Waals surface area (Å²) in [5, 5.41) is 3.09. The van der Waals surface area contributed by atoms with Gasteiger partial charge in [0.25, 0.3) is 5.95 Å². The third-order valence-corrected chi connectivity index (χ3v) is 1.25. The van der Waals surface area contributed by atoms with Gasteiger partial charge in [0.2, 0.25) is 11.2 Å². The van der Waals surface area contributed by atoms with Gasteiger partial charge in [-0.2, -0.15) is 15.0 Å². The van der Waals surface area contributed by atoms with Gasteiger partial charge in [0.1, 0.15) is 0 Å². The van der Waals surface area contributed by atoms with Crippen LogP contribution in [0, 0.1) is 5.53 Å². The maximum absolute atomic E-state index is 6.67. The van der Waals surface area contributed by atoms with Crippen LogP contribution < -0.4 is 4.90 Å². The van der Waals surface area contributed by atoms with Gasteiger partial charge in [0, 0.05) is 14.1 Å². The fourth-order valence-corrected chi connectivity index (χ4v) is 0.731. The van der Waals surface area contributed by atoms with Crippen LogP contribution in [0.15, 0.2) is 5.11 Å². The Balaban J connectivity index is 3.14. The van der Waals surface area contributed by atoms with Crippen molar-refractivity contribution < 1.29 is 0 Å². The summed E-state index contributed by atoms with van der Waals surface area (Å²) < 4.78 is 0. The molecular weight excluding hydrogens is 180 g/mol. The molecule has 1 aromatic heterocycles. The van der Waals surface area contributed by atoms with Crippen LogP contribution in [0.3, 0.4) is 0 Å². The van der Waals surface area contributed by atoms with Crippen LogP contribution in [-0.4, -0.2) is 29.0 Å². The van der Waals surface area contributed by atoms with E-state index in [4.69, 9.17) is 17.1 Å². The normalized spacial score (nSPS) is 9.58. The molecule has 0 fully saturated rings. The first-order valence-electron chi connectivity index (χ1n) is 3.10. The lowest BCUT2D eigenvalue weighted by Gasteiger charge is -2.08. The highest BCUT2D eigenvalue weighted by Gasteiger charge is 2.04. The van der Waals surface area contributed by atoms with E-state index in [0.29, 0.717) is 5.95 Å². The van der Waals surface area contributed by atoms with Gasteiger partial charge in [0.15, 0.2) is 0 Å². The van der Waals surface area contributed by atoms with Crippen LogP contribution in [0.4, 0.5) is 11.9 Å². The van der Waals surface area contributed by atoms with E-state index < -0.39 is 0 Å². The molecule has 0 aliphatic heterocycles. The van der Waals surface area contributed by atoms with Gasteiger partial charge < -0.3 is 4.90 Å². The zero-order chi connectivity index (χ0) is 9.14. The average Bonchev–Trinajstić information content (AvgIpc) is 2.03. The Morgan fingerprint density at radius 1 is 1.33 bits per heavy atom. The number of hydrogen-bond acceptors (Lipinski definition) is 6. The lowest BCUT2D eigenvalue weighted by atomic mass is 10.8. The molecule has 1 N–H and O–H groups in total. The summed E-state index contributed by atoms with van der Waals surface area (Å²) in [6.45, 7) is 0. The minimum absolute atomic E-state index is 0.0127. The number of anilines is 1. The Hall–Kier alpha value is -1.30. The molecule has 1 rings (SSSR count). The summed E-state index contributed by atoms with van der Waals surface area (Å²) in [6.07, 6.45) is 0. The molecule has 0 radical (unpaired) electrons. The monoisotopic (exact) mass is 186 g/mol. The maximum Gasteiger partial charge on any atom is 0.274 e. The molecule has 12 heavy (non-hydrogen) atoms. The quantitative estimate of drug-likeness (QED) is 0.706. The molecule has 7 heteroatoms. The molecule has 0 aromatic carbocycles. The highest BCUT2D eigenvalue weighted by Crippen LogP contribution is 2.12. The number of halogens is 1. The number of nitrogens with one attached hydrogen (secondary N) is 1. The average molecular weight is 187 g/mol. The van der Waals surface area contributed by atoms with E-state index in [1.54, 1.807) is 19.0 Å². The van der Waals surface area contributed by atoms with E-state index in [9.17, 15) is 0 Å². The number of hydrogen-bond donors (Lipinski definition) is 1. The van der Waals surface area contributed by atoms with Crippen molar-refractivity contribution in [2.75, 3.05) is 19.0 Å². The summed E-state index contributed by atoms with van der Waals surface area (Å²) in [4.78, 5) is 12.9. The van der Waals surface area contributed by atoms with Crippen LogP contribution in [0.2, 0.25) is 5.28 Å². The molecule has 0 spiro atoms. The zero-order valence-electron chi connectivity index (χ0n) is 6.61. The molecule has 6 nitrogen and oxygen atoms in total. The Labute approximate surface area is 74.1 Å². The molecule has 1 aromatic rings. The van der Waals surface area contributed by atoms with Crippen molar-refractivity contribution in [3.63, 3.8) is 0 Å². The predicted octanol–water partition coefficient (Wildman–Crippen LogP) is 1.25. The zero-order valence-corrected chi connectivity index (χ0v) is 7.37. The number of nitrogens with zero attached hydrogens (tertiary/aromatic N) is 5. The largest absolute Gasteiger partial charge is 0.347 e. The summed E-state index contributed by atoms with van der Waals surface area (Å²) >= 11 is 5.54. The van der Waals surface area contributed by atoms with Gasteiger partial charge in [-0.3, -0.25) is 0 Å². The molecule has 0 saturated heterocycles. The molecular formula is C5H7ClN6. The van der Waals surface area contributed by atoms with Crippen molar-refractivity contribution >= 4 is 23.5 Å². The third-order valence-electron chi connectivity index (χ3n) is 1.08. The summed E-state index contributed by atoms with van der Waals surface area (Å²) in [6, 6.07) is 0. The lowest BCUT2D eigenvalue weighted by molar-refractivity contribution is 0.926. The van der Waals surface area contributed by atoms with E-state index in [1.807, 2.05) is 0 Å². The van der Waals surface area contributed by atoms with Gasteiger partial charge >= 0.3 is 0 Å². The van der Waals surface area contributed by atoms with Gasteiger partial charge in [-0.25, -0.2) is 5.53 Å². The minimum Gasteiger partial charge on any atom is -0.347 e. The van der Waals surface area contributed by atoms with Crippen molar-refractivity contribution in [2.24, 2.45) is 5.11 Å². The Morgan fingerprint density at radius 2 is 2.00 bits per heavy atom. The summed E-state index contributed by atoms with van der Waals surface area (Å²) in [5.74, 6) is 0.403.